The Labute approximate surface area is 124 Å². The van der Waals surface area contributed by atoms with Crippen LogP contribution in [0.3, 0.4) is 0 Å². The average molecular weight is 310 g/mol. The normalized spacial score (nSPS) is 11.3. The third-order valence-electron chi connectivity index (χ3n) is 3.15. The van der Waals surface area contributed by atoms with E-state index in [-0.39, 0.29) is 4.90 Å². The molecule has 0 aromatic heterocycles. The summed E-state index contributed by atoms with van der Waals surface area (Å²) in [5.74, 6) is 0.407. The van der Waals surface area contributed by atoms with Gasteiger partial charge in [0, 0.05) is 11.6 Å². The second-order valence-electron chi connectivity index (χ2n) is 4.68. The van der Waals surface area contributed by atoms with Crippen LogP contribution in [0.4, 0.5) is 5.69 Å². The van der Waals surface area contributed by atoms with E-state index in [0.717, 1.165) is 16.7 Å². The van der Waals surface area contributed by atoms with E-state index in [2.05, 4.69) is 4.72 Å². The van der Waals surface area contributed by atoms with Crippen molar-refractivity contribution in [2.45, 2.75) is 24.6 Å². The first-order chi connectivity index (χ1) is 9.42. The Morgan fingerprint density at radius 3 is 2.20 bits per heavy atom. The van der Waals surface area contributed by atoms with Gasteiger partial charge in [-0.05, 0) is 54.8 Å². The van der Waals surface area contributed by atoms with Gasteiger partial charge >= 0.3 is 0 Å². The zero-order valence-electron chi connectivity index (χ0n) is 11.4. The van der Waals surface area contributed by atoms with Crippen LogP contribution in [0.1, 0.15) is 16.7 Å². The van der Waals surface area contributed by atoms with Gasteiger partial charge < -0.3 is 0 Å². The first-order valence-corrected chi connectivity index (χ1v) is 8.19. The number of hydrogen-bond donors (Lipinski definition) is 1. The Balaban J connectivity index is 2.27. The summed E-state index contributed by atoms with van der Waals surface area (Å²) in [7, 11) is -3.56. The minimum atomic E-state index is -3.56. The molecule has 0 aliphatic rings. The fraction of sp³-hybridized carbons (Fsp3) is 0.200. The van der Waals surface area contributed by atoms with E-state index in [9.17, 15) is 8.42 Å². The average Bonchev–Trinajstić information content (AvgIpc) is 2.42. The second kappa shape index (κ2) is 5.85. The van der Waals surface area contributed by atoms with Crippen LogP contribution in [-0.2, 0) is 15.9 Å². The Morgan fingerprint density at radius 1 is 1.00 bits per heavy atom. The van der Waals surface area contributed by atoms with Gasteiger partial charge in [0.15, 0.2) is 0 Å². The van der Waals surface area contributed by atoms with Crippen molar-refractivity contribution in [2.75, 3.05) is 4.72 Å². The van der Waals surface area contributed by atoms with E-state index in [1.165, 1.54) is 0 Å². The van der Waals surface area contributed by atoms with Crippen molar-refractivity contribution in [1.82, 2.24) is 0 Å². The monoisotopic (exact) mass is 309 g/mol. The Morgan fingerprint density at radius 2 is 1.65 bits per heavy atom. The molecule has 2 rings (SSSR count). The van der Waals surface area contributed by atoms with E-state index in [4.69, 9.17) is 11.6 Å². The molecule has 0 aliphatic heterocycles. The summed E-state index contributed by atoms with van der Waals surface area (Å²) in [6.45, 7) is 3.84. The van der Waals surface area contributed by atoms with E-state index in [1.54, 1.807) is 42.5 Å². The summed E-state index contributed by atoms with van der Waals surface area (Å²) >= 11 is 5.70. The van der Waals surface area contributed by atoms with E-state index >= 15 is 0 Å². The SMILES string of the molecule is Cc1ccc(S(=O)(=O)Nc2ccc(CCl)cc2)cc1C. The number of nitrogens with one attached hydrogen (secondary N) is 1. The van der Waals surface area contributed by atoms with Crippen molar-refractivity contribution in [1.29, 1.82) is 0 Å². The minimum absolute atomic E-state index is 0.266. The number of hydrogen-bond acceptors (Lipinski definition) is 2. The second-order valence-corrected chi connectivity index (χ2v) is 6.63. The quantitative estimate of drug-likeness (QED) is 0.872. The maximum atomic E-state index is 12.3. The van der Waals surface area contributed by atoms with Crippen LogP contribution in [-0.4, -0.2) is 8.42 Å². The molecule has 0 unspecified atom stereocenters. The zero-order chi connectivity index (χ0) is 14.8. The standard InChI is InChI=1S/C15H16ClNO2S/c1-11-3-8-15(9-12(11)2)20(18,19)17-14-6-4-13(10-16)5-7-14/h3-9,17H,10H2,1-2H3. The lowest BCUT2D eigenvalue weighted by Crippen LogP contribution is -2.13. The number of aryl methyl sites for hydroxylation is 2. The first-order valence-electron chi connectivity index (χ1n) is 6.17. The molecule has 0 heterocycles. The molecule has 0 amide bonds. The molecule has 0 saturated carbocycles. The highest BCUT2D eigenvalue weighted by atomic mass is 35.5. The lowest BCUT2D eigenvalue weighted by Gasteiger charge is -2.10. The molecule has 0 radical (unpaired) electrons. The summed E-state index contributed by atoms with van der Waals surface area (Å²) in [4.78, 5) is 0.266. The summed E-state index contributed by atoms with van der Waals surface area (Å²) in [5, 5.41) is 0. The van der Waals surface area contributed by atoms with Crippen LogP contribution in [0, 0.1) is 13.8 Å². The van der Waals surface area contributed by atoms with Crippen molar-refractivity contribution >= 4 is 27.3 Å². The number of sulfonamides is 1. The molecule has 0 bridgehead atoms. The Kier molecular flexibility index (Phi) is 4.35. The molecule has 0 saturated heterocycles. The fourth-order valence-electron chi connectivity index (χ4n) is 1.76. The number of alkyl halides is 1. The molecule has 1 N–H and O–H groups in total. The van der Waals surface area contributed by atoms with Gasteiger partial charge in [0.05, 0.1) is 4.90 Å². The van der Waals surface area contributed by atoms with Gasteiger partial charge in [-0.25, -0.2) is 8.42 Å². The molecule has 0 spiro atoms. The van der Waals surface area contributed by atoms with Crippen molar-refractivity contribution in [3.63, 3.8) is 0 Å². The van der Waals surface area contributed by atoms with Crippen LogP contribution < -0.4 is 4.72 Å². The topological polar surface area (TPSA) is 46.2 Å². The van der Waals surface area contributed by atoms with Crippen LogP contribution in [0.25, 0.3) is 0 Å². The first kappa shape index (κ1) is 14.9. The Bertz CT molecular complexity index is 709. The van der Waals surface area contributed by atoms with Gasteiger partial charge in [0.25, 0.3) is 10.0 Å². The molecule has 5 heteroatoms. The maximum Gasteiger partial charge on any atom is 0.261 e. The van der Waals surface area contributed by atoms with Crippen LogP contribution >= 0.6 is 11.6 Å². The van der Waals surface area contributed by atoms with Crippen molar-refractivity contribution in [3.8, 4) is 0 Å². The van der Waals surface area contributed by atoms with E-state index < -0.39 is 10.0 Å². The maximum absolute atomic E-state index is 12.3. The molecule has 0 atom stereocenters. The molecule has 3 nitrogen and oxygen atoms in total. The van der Waals surface area contributed by atoms with E-state index in [1.807, 2.05) is 13.8 Å². The Hall–Kier alpha value is -1.52. The number of halogens is 1. The molecular formula is C15H16ClNO2S. The van der Waals surface area contributed by atoms with Gasteiger partial charge in [-0.2, -0.15) is 0 Å². The highest BCUT2D eigenvalue weighted by molar-refractivity contribution is 7.92. The number of anilines is 1. The van der Waals surface area contributed by atoms with Crippen LogP contribution in [0.15, 0.2) is 47.4 Å². The molecular weight excluding hydrogens is 294 g/mol. The largest absolute Gasteiger partial charge is 0.280 e. The summed E-state index contributed by atoms with van der Waals surface area (Å²) in [6.07, 6.45) is 0. The molecule has 2 aromatic rings. The van der Waals surface area contributed by atoms with Crippen LogP contribution in [0.5, 0.6) is 0 Å². The van der Waals surface area contributed by atoms with Crippen molar-refractivity contribution < 1.29 is 8.42 Å². The molecule has 0 fully saturated rings. The van der Waals surface area contributed by atoms with Crippen LogP contribution in [0.2, 0.25) is 0 Å². The minimum Gasteiger partial charge on any atom is -0.280 e. The van der Waals surface area contributed by atoms with Gasteiger partial charge in [-0.15, -0.1) is 11.6 Å². The van der Waals surface area contributed by atoms with Crippen molar-refractivity contribution in [2.24, 2.45) is 0 Å². The van der Waals surface area contributed by atoms with Crippen molar-refractivity contribution in [3.05, 3.63) is 59.2 Å². The predicted octanol–water partition coefficient (Wildman–Crippen LogP) is 3.84. The van der Waals surface area contributed by atoms with Gasteiger partial charge in [-0.1, -0.05) is 18.2 Å². The molecule has 0 aliphatic carbocycles. The summed E-state index contributed by atoms with van der Waals surface area (Å²) < 4.78 is 27.1. The molecule has 2 aromatic carbocycles. The van der Waals surface area contributed by atoms with Gasteiger partial charge in [0.1, 0.15) is 0 Å². The third-order valence-corrected chi connectivity index (χ3v) is 4.84. The summed E-state index contributed by atoms with van der Waals surface area (Å²) in [6, 6.07) is 12.1. The van der Waals surface area contributed by atoms with Gasteiger partial charge in [0.2, 0.25) is 0 Å². The number of rotatable bonds is 4. The molecule has 20 heavy (non-hydrogen) atoms. The fourth-order valence-corrected chi connectivity index (χ4v) is 3.08. The predicted molar refractivity (Wildman–Crippen MR) is 82.7 cm³/mol. The zero-order valence-corrected chi connectivity index (χ0v) is 12.9. The van der Waals surface area contributed by atoms with Gasteiger partial charge in [-0.3, -0.25) is 4.72 Å². The van der Waals surface area contributed by atoms with E-state index in [0.29, 0.717) is 11.6 Å². The smallest absolute Gasteiger partial charge is 0.261 e. The lowest BCUT2D eigenvalue weighted by molar-refractivity contribution is 0.601. The highest BCUT2D eigenvalue weighted by Gasteiger charge is 2.14. The number of benzene rings is 2. The molecule has 106 valence electrons. The highest BCUT2D eigenvalue weighted by Crippen LogP contribution is 2.19. The summed E-state index contributed by atoms with van der Waals surface area (Å²) in [5.41, 5.74) is 3.48. The third kappa shape index (κ3) is 3.32. The lowest BCUT2D eigenvalue weighted by atomic mass is 10.1.